The minimum atomic E-state index is -0.212. The van der Waals surface area contributed by atoms with Crippen LogP contribution < -0.4 is 10.6 Å². The predicted octanol–water partition coefficient (Wildman–Crippen LogP) is 3.19. The Kier molecular flexibility index (Phi) is 4.20. The van der Waals surface area contributed by atoms with E-state index in [4.69, 9.17) is 0 Å². The maximum absolute atomic E-state index is 12.5. The summed E-state index contributed by atoms with van der Waals surface area (Å²) >= 11 is 0. The SMILES string of the molecule is Cc1nccn1-c1ccc(NC(=O)NC(c2nccn2C)C2CC2)cc1. The van der Waals surface area contributed by atoms with E-state index in [0.717, 1.165) is 35.9 Å². The third-order valence-electron chi connectivity index (χ3n) is 4.75. The van der Waals surface area contributed by atoms with E-state index in [1.165, 1.54) is 0 Å². The lowest BCUT2D eigenvalue weighted by atomic mass is 10.1. The lowest BCUT2D eigenvalue weighted by Crippen LogP contribution is -2.35. The van der Waals surface area contributed by atoms with Crippen molar-refractivity contribution < 1.29 is 4.79 Å². The van der Waals surface area contributed by atoms with Crippen LogP contribution in [0.3, 0.4) is 0 Å². The number of aryl methyl sites for hydroxylation is 2. The van der Waals surface area contributed by atoms with Gasteiger partial charge >= 0.3 is 6.03 Å². The highest BCUT2D eigenvalue weighted by molar-refractivity contribution is 5.89. The number of nitrogens with one attached hydrogen (secondary N) is 2. The van der Waals surface area contributed by atoms with Gasteiger partial charge in [-0.05, 0) is 49.9 Å². The molecule has 1 atom stereocenters. The number of benzene rings is 1. The highest BCUT2D eigenvalue weighted by atomic mass is 16.2. The number of carbonyl (C=O) groups excluding carboxylic acids is 1. The fourth-order valence-electron chi connectivity index (χ4n) is 3.16. The van der Waals surface area contributed by atoms with E-state index in [1.807, 2.05) is 59.8 Å². The highest BCUT2D eigenvalue weighted by Gasteiger charge is 2.35. The Morgan fingerprint density at radius 2 is 1.88 bits per heavy atom. The molecule has 0 spiro atoms. The molecular weight excluding hydrogens is 328 g/mol. The molecule has 1 aliphatic rings. The Bertz CT molecular complexity index is 906. The molecule has 1 aliphatic carbocycles. The molecule has 7 heteroatoms. The number of aromatic nitrogens is 4. The zero-order valence-electron chi connectivity index (χ0n) is 14.9. The van der Waals surface area contributed by atoms with Crippen molar-refractivity contribution in [3.63, 3.8) is 0 Å². The first-order valence-corrected chi connectivity index (χ1v) is 8.77. The minimum absolute atomic E-state index is 0.0529. The Hall–Kier alpha value is -3.09. The standard InChI is InChI=1S/C19H22N6O/c1-13-20-10-12-25(13)16-7-5-15(6-8-16)22-19(26)23-17(14-3-4-14)18-21-9-11-24(18)2/h5-12,14,17H,3-4H2,1-2H3,(H2,22,23,26). The summed E-state index contributed by atoms with van der Waals surface area (Å²) in [6, 6.07) is 7.44. The monoisotopic (exact) mass is 350 g/mol. The first-order chi connectivity index (χ1) is 12.6. The van der Waals surface area contributed by atoms with Gasteiger partial charge in [-0.1, -0.05) is 0 Å². The van der Waals surface area contributed by atoms with E-state index >= 15 is 0 Å². The number of hydrogen-bond donors (Lipinski definition) is 2. The molecule has 2 N–H and O–H groups in total. The largest absolute Gasteiger partial charge is 0.336 e. The minimum Gasteiger partial charge on any atom is -0.336 e. The molecule has 26 heavy (non-hydrogen) atoms. The van der Waals surface area contributed by atoms with Crippen molar-refractivity contribution in [1.82, 2.24) is 24.4 Å². The first-order valence-electron chi connectivity index (χ1n) is 8.77. The second-order valence-corrected chi connectivity index (χ2v) is 6.70. The number of amides is 2. The molecule has 4 rings (SSSR count). The third kappa shape index (κ3) is 3.33. The maximum Gasteiger partial charge on any atom is 0.319 e. The van der Waals surface area contributed by atoms with E-state index in [0.29, 0.717) is 5.92 Å². The molecule has 1 unspecified atom stereocenters. The maximum atomic E-state index is 12.5. The van der Waals surface area contributed by atoms with Crippen LogP contribution >= 0.6 is 0 Å². The van der Waals surface area contributed by atoms with Crippen molar-refractivity contribution in [1.29, 1.82) is 0 Å². The number of hydrogen-bond acceptors (Lipinski definition) is 3. The van der Waals surface area contributed by atoms with Crippen LogP contribution in [0.25, 0.3) is 5.69 Å². The molecule has 0 aliphatic heterocycles. The Balaban J connectivity index is 1.43. The number of carbonyl (C=O) groups is 1. The molecule has 1 saturated carbocycles. The van der Waals surface area contributed by atoms with Crippen LogP contribution in [-0.2, 0) is 7.05 Å². The molecule has 2 amide bonds. The predicted molar refractivity (Wildman–Crippen MR) is 99.1 cm³/mol. The lowest BCUT2D eigenvalue weighted by Gasteiger charge is -2.18. The van der Waals surface area contributed by atoms with Crippen molar-refractivity contribution >= 4 is 11.7 Å². The topological polar surface area (TPSA) is 76.8 Å². The van der Waals surface area contributed by atoms with Gasteiger partial charge in [-0.2, -0.15) is 0 Å². The van der Waals surface area contributed by atoms with Gasteiger partial charge in [0.05, 0.1) is 6.04 Å². The molecule has 0 bridgehead atoms. The van der Waals surface area contributed by atoms with Gasteiger partial charge in [0.15, 0.2) is 0 Å². The molecule has 1 fully saturated rings. The van der Waals surface area contributed by atoms with Gasteiger partial charge in [0, 0.05) is 43.2 Å². The van der Waals surface area contributed by atoms with Gasteiger partial charge in [0.25, 0.3) is 0 Å². The number of anilines is 1. The molecule has 3 aromatic rings. The van der Waals surface area contributed by atoms with E-state index in [2.05, 4.69) is 20.6 Å². The van der Waals surface area contributed by atoms with Crippen LogP contribution in [0.15, 0.2) is 49.1 Å². The summed E-state index contributed by atoms with van der Waals surface area (Å²) in [7, 11) is 1.95. The number of rotatable bonds is 5. The Morgan fingerprint density at radius 3 is 2.46 bits per heavy atom. The summed E-state index contributed by atoms with van der Waals surface area (Å²) in [5.74, 6) is 2.29. The molecule has 134 valence electrons. The quantitative estimate of drug-likeness (QED) is 0.742. The van der Waals surface area contributed by atoms with E-state index in [1.54, 1.807) is 12.4 Å². The molecule has 2 aromatic heterocycles. The lowest BCUT2D eigenvalue weighted by molar-refractivity contribution is 0.246. The van der Waals surface area contributed by atoms with E-state index in [9.17, 15) is 4.79 Å². The highest BCUT2D eigenvalue weighted by Crippen LogP contribution is 2.40. The fraction of sp³-hybridized carbons (Fsp3) is 0.316. The zero-order chi connectivity index (χ0) is 18.1. The fourth-order valence-corrected chi connectivity index (χ4v) is 3.16. The van der Waals surface area contributed by atoms with Crippen LogP contribution in [0.5, 0.6) is 0 Å². The normalized spacial score (nSPS) is 14.8. The summed E-state index contributed by atoms with van der Waals surface area (Å²) in [4.78, 5) is 21.1. The molecule has 7 nitrogen and oxygen atoms in total. The summed E-state index contributed by atoms with van der Waals surface area (Å²) in [6.07, 6.45) is 9.60. The smallest absolute Gasteiger partial charge is 0.319 e. The van der Waals surface area contributed by atoms with Crippen LogP contribution in [0, 0.1) is 12.8 Å². The Morgan fingerprint density at radius 1 is 1.15 bits per heavy atom. The van der Waals surface area contributed by atoms with Crippen LogP contribution in [0.2, 0.25) is 0 Å². The van der Waals surface area contributed by atoms with Gasteiger partial charge in [-0.25, -0.2) is 14.8 Å². The van der Waals surface area contributed by atoms with Gasteiger partial charge in [-0.3, -0.25) is 0 Å². The van der Waals surface area contributed by atoms with E-state index < -0.39 is 0 Å². The average Bonchev–Trinajstić information content (AvgIpc) is 3.25. The molecule has 2 heterocycles. The van der Waals surface area contributed by atoms with Gasteiger partial charge < -0.3 is 19.8 Å². The summed E-state index contributed by atoms with van der Waals surface area (Å²) in [5.41, 5.74) is 1.76. The number of imidazole rings is 2. The molecule has 0 radical (unpaired) electrons. The second-order valence-electron chi connectivity index (χ2n) is 6.70. The van der Waals surface area contributed by atoms with Crippen molar-refractivity contribution in [2.24, 2.45) is 13.0 Å². The molecule has 1 aromatic carbocycles. The third-order valence-corrected chi connectivity index (χ3v) is 4.75. The van der Waals surface area contributed by atoms with Crippen LogP contribution in [-0.4, -0.2) is 25.1 Å². The summed E-state index contributed by atoms with van der Waals surface area (Å²) < 4.78 is 3.96. The van der Waals surface area contributed by atoms with Crippen LogP contribution in [0.1, 0.15) is 30.5 Å². The number of urea groups is 1. The van der Waals surface area contributed by atoms with Gasteiger partial charge in [-0.15, -0.1) is 0 Å². The van der Waals surface area contributed by atoms with Gasteiger partial charge in [0.2, 0.25) is 0 Å². The second kappa shape index (κ2) is 6.67. The number of nitrogens with zero attached hydrogens (tertiary/aromatic N) is 4. The Labute approximate surface area is 152 Å². The molecule has 0 saturated heterocycles. The summed E-state index contributed by atoms with van der Waals surface area (Å²) in [6.45, 7) is 1.95. The van der Waals surface area contributed by atoms with Gasteiger partial charge in [0.1, 0.15) is 11.6 Å². The van der Waals surface area contributed by atoms with Crippen molar-refractivity contribution in [2.45, 2.75) is 25.8 Å². The molecular formula is C19H22N6O. The zero-order valence-corrected chi connectivity index (χ0v) is 14.9. The summed E-state index contributed by atoms with van der Waals surface area (Å²) in [5, 5.41) is 5.98. The van der Waals surface area contributed by atoms with Crippen molar-refractivity contribution in [2.75, 3.05) is 5.32 Å². The van der Waals surface area contributed by atoms with E-state index in [-0.39, 0.29) is 12.1 Å². The van der Waals surface area contributed by atoms with Crippen molar-refractivity contribution in [3.8, 4) is 5.69 Å². The average molecular weight is 350 g/mol. The first kappa shape index (κ1) is 16.4. The van der Waals surface area contributed by atoms with Crippen molar-refractivity contribution in [3.05, 3.63) is 60.7 Å². The van der Waals surface area contributed by atoms with Crippen LogP contribution in [0.4, 0.5) is 10.5 Å².